The predicted octanol–water partition coefficient (Wildman–Crippen LogP) is 2.67. The maximum Gasteiger partial charge on any atom is 0.238 e. The van der Waals surface area contributed by atoms with E-state index in [1.807, 2.05) is 6.08 Å². The predicted molar refractivity (Wildman–Crippen MR) is 131 cm³/mol. The molecule has 11 heteroatoms. The number of nitrogens with two attached hydrogens (primary N) is 1. The largest absolute Gasteiger partial charge is 0.490 e. The molecule has 2 amide bonds. The maximum atomic E-state index is 12.4. The third kappa shape index (κ3) is 7.58. The number of aliphatic imine (C=N–C) groups is 1. The van der Waals surface area contributed by atoms with Crippen molar-refractivity contribution in [2.45, 2.75) is 13.0 Å². The van der Waals surface area contributed by atoms with Gasteiger partial charge < -0.3 is 21.1 Å². The molecule has 178 valence electrons. The molecule has 0 saturated carbocycles. The summed E-state index contributed by atoms with van der Waals surface area (Å²) in [6.45, 7) is 0.880. The third-order valence-corrected chi connectivity index (χ3v) is 5.22. The van der Waals surface area contributed by atoms with Crippen LogP contribution in [0.25, 0.3) is 0 Å². The standard InChI is InChI=1S/C23H23Cl2N5O4/c24-17-9-14-10-18(25)22(17)29-21(33)13-27-7-1-2-8-34-16-5-3-15(4-6-16)19(31)11-20(32)30-23(26)28-12-14/h1-6,9-10,27H,7-8,11-13H2,(H,29,33)(H3,26,28,30,32). The van der Waals surface area contributed by atoms with E-state index in [1.54, 1.807) is 42.5 Å². The fourth-order valence-electron chi connectivity index (χ4n) is 2.97. The van der Waals surface area contributed by atoms with Gasteiger partial charge in [-0.1, -0.05) is 35.4 Å². The lowest BCUT2D eigenvalue weighted by Gasteiger charge is -2.11. The number of nitrogens with zero attached hydrogens (tertiary/aromatic N) is 1. The van der Waals surface area contributed by atoms with E-state index in [0.717, 1.165) is 0 Å². The number of anilines is 1. The van der Waals surface area contributed by atoms with Gasteiger partial charge in [0.25, 0.3) is 0 Å². The molecule has 0 aliphatic carbocycles. The number of carbonyl (C=O) groups is 3. The Hall–Kier alpha value is -3.40. The van der Waals surface area contributed by atoms with Gasteiger partial charge in [-0.2, -0.15) is 0 Å². The van der Waals surface area contributed by atoms with E-state index < -0.39 is 12.3 Å². The summed E-state index contributed by atoms with van der Waals surface area (Å²) in [5.41, 5.74) is 7.04. The van der Waals surface area contributed by atoms with Crippen LogP contribution in [-0.2, 0) is 16.1 Å². The molecule has 0 radical (unpaired) electrons. The molecular weight excluding hydrogens is 481 g/mol. The van der Waals surface area contributed by atoms with Crippen LogP contribution in [0.4, 0.5) is 5.69 Å². The van der Waals surface area contributed by atoms with Gasteiger partial charge in [-0.25, -0.2) is 4.99 Å². The average molecular weight is 504 g/mol. The van der Waals surface area contributed by atoms with E-state index in [0.29, 0.717) is 30.0 Å². The third-order valence-electron chi connectivity index (χ3n) is 4.62. The Morgan fingerprint density at radius 3 is 2.35 bits per heavy atom. The summed E-state index contributed by atoms with van der Waals surface area (Å²) >= 11 is 12.5. The van der Waals surface area contributed by atoms with Crippen LogP contribution in [0.15, 0.2) is 53.5 Å². The molecule has 2 aromatic carbocycles. The molecule has 6 rings (SSSR count). The number of hydrogen-bond acceptors (Lipinski definition) is 7. The van der Waals surface area contributed by atoms with Crippen LogP contribution in [0.3, 0.4) is 0 Å². The lowest BCUT2D eigenvalue weighted by molar-refractivity contribution is -0.119. The summed E-state index contributed by atoms with van der Waals surface area (Å²) in [6, 6.07) is 9.64. The second-order valence-electron chi connectivity index (χ2n) is 7.27. The van der Waals surface area contributed by atoms with E-state index in [4.69, 9.17) is 33.7 Å². The first-order chi connectivity index (χ1) is 16.3. The Morgan fingerprint density at radius 1 is 0.941 bits per heavy atom. The number of nitrogens with one attached hydrogen (secondary N) is 3. The minimum Gasteiger partial charge on any atom is -0.490 e. The zero-order valence-electron chi connectivity index (χ0n) is 18.1. The summed E-state index contributed by atoms with van der Waals surface area (Å²) in [5.74, 6) is -0.847. The summed E-state index contributed by atoms with van der Waals surface area (Å²) in [6.07, 6.45) is 3.23. The minimum absolute atomic E-state index is 0.0512. The Bertz CT molecular complexity index is 1110. The lowest BCUT2D eigenvalue weighted by Crippen LogP contribution is -2.37. The smallest absolute Gasteiger partial charge is 0.238 e. The SMILES string of the molecule is NC1=NCc2cc(Cl)c(c(Cl)c2)NC(=O)CNCC=CCOc2ccc(cc2)C(=O)CC(=O)N1. The van der Waals surface area contributed by atoms with Crippen LogP contribution in [-0.4, -0.2) is 43.3 Å². The van der Waals surface area contributed by atoms with Gasteiger partial charge in [0, 0.05) is 12.1 Å². The number of carbonyl (C=O) groups excluding carboxylic acids is 3. The fourth-order valence-corrected chi connectivity index (χ4v) is 3.60. The van der Waals surface area contributed by atoms with Crippen molar-refractivity contribution < 1.29 is 19.1 Å². The van der Waals surface area contributed by atoms with E-state index in [9.17, 15) is 14.4 Å². The molecular formula is C23H23Cl2N5O4. The normalized spacial score (nSPS) is 16.3. The molecule has 4 bridgehead atoms. The van der Waals surface area contributed by atoms with E-state index in [2.05, 4.69) is 20.9 Å². The highest BCUT2D eigenvalue weighted by atomic mass is 35.5. The monoisotopic (exact) mass is 503 g/mol. The summed E-state index contributed by atoms with van der Waals surface area (Å²) in [7, 11) is 0. The summed E-state index contributed by atoms with van der Waals surface area (Å²) < 4.78 is 5.58. The van der Waals surface area contributed by atoms with Gasteiger partial charge in [-0.05, 0) is 42.0 Å². The number of ketones is 1. The van der Waals surface area contributed by atoms with Crippen LogP contribution in [0.2, 0.25) is 10.0 Å². The summed E-state index contributed by atoms with van der Waals surface area (Å²) in [4.78, 5) is 40.8. The molecule has 4 aliphatic heterocycles. The molecule has 34 heavy (non-hydrogen) atoms. The average Bonchev–Trinajstić information content (AvgIpc) is 2.79. The van der Waals surface area contributed by atoms with Gasteiger partial charge in [-0.3, -0.25) is 19.7 Å². The number of amides is 2. The number of benzene rings is 2. The van der Waals surface area contributed by atoms with Gasteiger partial charge in [0.1, 0.15) is 12.4 Å². The molecule has 2 aromatic rings. The molecule has 4 heterocycles. The number of guanidine groups is 1. The van der Waals surface area contributed by atoms with E-state index in [-0.39, 0.29) is 46.5 Å². The highest BCUT2D eigenvalue weighted by Gasteiger charge is 2.14. The highest BCUT2D eigenvalue weighted by Crippen LogP contribution is 2.32. The first-order valence-electron chi connectivity index (χ1n) is 10.3. The van der Waals surface area contributed by atoms with Crippen LogP contribution in [0.1, 0.15) is 22.3 Å². The lowest BCUT2D eigenvalue weighted by atomic mass is 10.1. The number of hydrogen-bond donors (Lipinski definition) is 4. The van der Waals surface area contributed by atoms with Crippen molar-refractivity contribution >= 4 is 52.4 Å². The van der Waals surface area contributed by atoms with Gasteiger partial charge in [0.15, 0.2) is 11.7 Å². The number of rotatable bonds is 0. The molecule has 0 atom stereocenters. The first kappa shape index (κ1) is 25.2. The Kier molecular flexibility index (Phi) is 9.03. The molecule has 5 N–H and O–H groups in total. The molecule has 0 aromatic heterocycles. The first-order valence-corrected chi connectivity index (χ1v) is 11.1. The van der Waals surface area contributed by atoms with Crippen LogP contribution < -0.4 is 26.4 Å². The second-order valence-corrected chi connectivity index (χ2v) is 8.08. The molecule has 0 saturated heterocycles. The molecule has 9 nitrogen and oxygen atoms in total. The zero-order valence-corrected chi connectivity index (χ0v) is 19.6. The van der Waals surface area contributed by atoms with Gasteiger partial charge in [-0.15, -0.1) is 0 Å². The Labute approximate surface area is 206 Å². The van der Waals surface area contributed by atoms with Crippen molar-refractivity contribution in [2.24, 2.45) is 10.7 Å². The van der Waals surface area contributed by atoms with Gasteiger partial charge >= 0.3 is 0 Å². The highest BCUT2D eigenvalue weighted by molar-refractivity contribution is 6.39. The second kappa shape index (κ2) is 12.2. The van der Waals surface area contributed by atoms with Crippen molar-refractivity contribution in [3.05, 3.63) is 69.7 Å². The number of halogens is 2. The van der Waals surface area contributed by atoms with E-state index in [1.165, 1.54) is 0 Å². The summed E-state index contributed by atoms with van der Waals surface area (Å²) in [5, 5.41) is 8.50. The van der Waals surface area contributed by atoms with Crippen molar-refractivity contribution in [3.63, 3.8) is 0 Å². The van der Waals surface area contributed by atoms with E-state index >= 15 is 0 Å². The van der Waals surface area contributed by atoms with Crippen molar-refractivity contribution in [1.82, 2.24) is 10.6 Å². The molecule has 0 spiro atoms. The Morgan fingerprint density at radius 2 is 1.65 bits per heavy atom. The molecule has 0 fully saturated rings. The maximum absolute atomic E-state index is 12.4. The van der Waals surface area contributed by atoms with Crippen LogP contribution in [0, 0.1) is 0 Å². The van der Waals surface area contributed by atoms with Gasteiger partial charge in [0.05, 0.1) is 35.2 Å². The molecule has 4 aliphatic rings. The van der Waals surface area contributed by atoms with Gasteiger partial charge in [0.2, 0.25) is 11.8 Å². The molecule has 0 unspecified atom stereocenters. The zero-order chi connectivity index (χ0) is 24.5. The number of Topliss-reactive ketones (excluding diaryl/α,β-unsaturated/α-hetero) is 1. The minimum atomic E-state index is -0.589. The topological polar surface area (TPSA) is 135 Å². The fraction of sp³-hybridized carbons (Fsp3) is 0.217. The van der Waals surface area contributed by atoms with Crippen molar-refractivity contribution in [2.75, 3.05) is 25.0 Å². The number of ether oxygens (including phenoxy) is 1. The Balaban J connectivity index is 1.77. The quantitative estimate of drug-likeness (QED) is 0.322. The van der Waals surface area contributed by atoms with Crippen LogP contribution in [0.5, 0.6) is 5.75 Å². The van der Waals surface area contributed by atoms with Crippen molar-refractivity contribution in [3.8, 4) is 5.75 Å². The van der Waals surface area contributed by atoms with Crippen molar-refractivity contribution in [1.29, 1.82) is 0 Å². The van der Waals surface area contributed by atoms with Crippen LogP contribution >= 0.6 is 23.2 Å².